The summed E-state index contributed by atoms with van der Waals surface area (Å²) >= 11 is 5.71. The van der Waals surface area contributed by atoms with Crippen LogP contribution in [0, 0.1) is 34.1 Å². The average molecular weight is 835 g/mol. The van der Waals surface area contributed by atoms with Crippen LogP contribution in [0.4, 0.5) is 0 Å². The quantitative estimate of drug-likeness (QED) is 0.0458. The molecular weight excluding hydrogens is 804 g/mol. The largest absolute Gasteiger partial charge is 0.426 e. The van der Waals surface area contributed by atoms with Gasteiger partial charge in [0.2, 0.25) is 0 Å². The van der Waals surface area contributed by atoms with Crippen molar-refractivity contribution in [2.75, 3.05) is 0 Å². The first-order valence-electron chi connectivity index (χ1n) is 14.4. The zero-order valence-electron chi connectivity index (χ0n) is 27.8. The van der Waals surface area contributed by atoms with Crippen LogP contribution in [-0.4, -0.2) is 39.3 Å². The molecule has 0 amide bonds. The molecule has 0 saturated heterocycles. The molecule has 4 aromatic carbocycles. The van der Waals surface area contributed by atoms with E-state index in [1.807, 2.05) is 6.92 Å². The van der Waals surface area contributed by atoms with E-state index in [0.717, 1.165) is 16.7 Å². The first-order chi connectivity index (χ1) is 24.1. The maximum Gasteiger partial charge on any atom is 0.347 e. The maximum absolute atomic E-state index is 12.3. The Hall–Kier alpha value is -5.81. The van der Waals surface area contributed by atoms with Gasteiger partial charge < -0.3 is 29.0 Å². The van der Waals surface area contributed by atoms with Crippen molar-refractivity contribution in [2.24, 2.45) is 0 Å². The first-order valence-corrected chi connectivity index (χ1v) is 15.0. The molecule has 0 aliphatic carbocycles. The summed E-state index contributed by atoms with van der Waals surface area (Å²) in [6.07, 6.45) is 0. The van der Waals surface area contributed by atoms with Crippen LogP contribution in [0.5, 0.6) is 23.0 Å². The summed E-state index contributed by atoms with van der Waals surface area (Å²) in [4.78, 5) is 69.6. The monoisotopic (exact) mass is 833 g/mol. The SMILES string of the molecule is CC(=O)Oc1cc(C)ccc1C(=O)Oc1ccc(CCl)cc1.CC(=O)Oc1cc(C)ccc1C(=O)Oc1ccc(CO[N+](=O)[O-])cc1.O=[N+]([O-])O.[Ag]. The summed E-state index contributed by atoms with van der Waals surface area (Å²) in [5.41, 5.74) is 3.48. The molecule has 0 aliphatic heterocycles. The summed E-state index contributed by atoms with van der Waals surface area (Å²) in [5.74, 6) is -0.981. The molecule has 4 aromatic rings. The fourth-order valence-electron chi connectivity index (χ4n) is 3.83. The van der Waals surface area contributed by atoms with E-state index in [9.17, 15) is 29.3 Å². The predicted octanol–water partition coefficient (Wildman–Crippen LogP) is 6.38. The molecule has 0 heterocycles. The fraction of sp³-hybridized carbons (Fsp3) is 0.176. The Bertz CT molecular complexity index is 1870. The second-order valence-electron chi connectivity index (χ2n) is 10.1. The smallest absolute Gasteiger partial charge is 0.347 e. The molecule has 0 spiro atoms. The number of ether oxygens (including phenoxy) is 4. The molecule has 1 radical (unpaired) electrons. The van der Waals surface area contributed by atoms with Gasteiger partial charge in [-0.25, -0.2) is 9.59 Å². The number of halogens is 1. The molecule has 52 heavy (non-hydrogen) atoms. The molecule has 0 fully saturated rings. The summed E-state index contributed by atoms with van der Waals surface area (Å²) in [6, 6.07) is 22.6. The van der Waals surface area contributed by atoms with E-state index in [-0.39, 0.29) is 57.4 Å². The number of alkyl halides is 1. The summed E-state index contributed by atoms with van der Waals surface area (Å²) < 4.78 is 20.6. The minimum Gasteiger partial charge on any atom is -0.426 e. The predicted molar refractivity (Wildman–Crippen MR) is 178 cm³/mol. The molecule has 1 N–H and O–H groups in total. The van der Waals surface area contributed by atoms with Crippen LogP contribution >= 0.6 is 11.6 Å². The topological polar surface area (TPSA) is 221 Å². The van der Waals surface area contributed by atoms with Crippen LogP contribution in [0.1, 0.15) is 56.8 Å². The van der Waals surface area contributed by atoms with Crippen molar-refractivity contribution in [3.05, 3.63) is 139 Å². The summed E-state index contributed by atoms with van der Waals surface area (Å²) in [5, 5.41) is 22.9. The minimum atomic E-state index is -1.50. The van der Waals surface area contributed by atoms with Crippen LogP contribution in [0.15, 0.2) is 84.9 Å². The third-order valence-electron chi connectivity index (χ3n) is 5.98. The maximum atomic E-state index is 12.3. The number of esters is 4. The molecule has 4 rings (SSSR count). The Morgan fingerprint density at radius 1 is 0.654 bits per heavy atom. The van der Waals surface area contributed by atoms with Crippen molar-refractivity contribution >= 4 is 35.5 Å². The molecule has 0 unspecified atom stereocenters. The van der Waals surface area contributed by atoms with Gasteiger partial charge in [-0.2, -0.15) is 0 Å². The zero-order valence-corrected chi connectivity index (χ0v) is 30.1. The van der Waals surface area contributed by atoms with Gasteiger partial charge in [-0.1, -0.05) is 36.4 Å². The van der Waals surface area contributed by atoms with Crippen LogP contribution in [0.2, 0.25) is 0 Å². The average Bonchev–Trinajstić information content (AvgIpc) is 3.04. The summed E-state index contributed by atoms with van der Waals surface area (Å²) in [6.45, 7) is 5.96. The van der Waals surface area contributed by atoms with Gasteiger partial charge in [0.1, 0.15) is 40.7 Å². The second-order valence-corrected chi connectivity index (χ2v) is 10.4. The van der Waals surface area contributed by atoms with Crippen molar-refractivity contribution in [2.45, 2.75) is 40.2 Å². The Kier molecular flexibility index (Phi) is 18.8. The molecule has 0 aromatic heterocycles. The molecule has 279 valence electrons. The van der Waals surface area contributed by atoms with E-state index in [0.29, 0.717) is 17.2 Å². The van der Waals surface area contributed by atoms with Crippen LogP contribution in [0.25, 0.3) is 0 Å². The summed E-state index contributed by atoms with van der Waals surface area (Å²) in [7, 11) is 0. The van der Waals surface area contributed by atoms with Gasteiger partial charge in [-0.3, -0.25) is 9.59 Å². The Morgan fingerprint density at radius 3 is 1.35 bits per heavy atom. The van der Waals surface area contributed by atoms with Gasteiger partial charge >= 0.3 is 23.9 Å². The van der Waals surface area contributed by atoms with Crippen molar-refractivity contribution < 1.29 is 80.7 Å². The van der Waals surface area contributed by atoms with Crippen molar-refractivity contribution in [1.29, 1.82) is 0 Å². The fourth-order valence-corrected chi connectivity index (χ4v) is 4.00. The van der Waals surface area contributed by atoms with Crippen molar-refractivity contribution in [3.63, 3.8) is 0 Å². The number of carbonyl (C=O) groups excluding carboxylic acids is 4. The van der Waals surface area contributed by atoms with Gasteiger partial charge in [0.15, 0.2) is 0 Å². The van der Waals surface area contributed by atoms with Crippen LogP contribution < -0.4 is 18.9 Å². The standard InChI is InChI=1S/C17H15ClO4.C17H15NO7.Ag.HNO3/c1-11-3-8-15(16(9-11)21-12(2)19)17(20)22-14-6-4-13(10-18)5-7-14;1-11-3-8-15(16(9-11)24-12(2)19)17(20)25-14-6-4-13(5-7-14)10-23-18(21)22;;2-1(3)4/h3-9H,10H2,1-2H3;3-9H,10H2,1-2H3;;(H,2,3,4). The molecule has 0 aliphatic rings. The van der Waals surface area contributed by atoms with Gasteiger partial charge in [0.25, 0.3) is 10.2 Å². The van der Waals surface area contributed by atoms with E-state index < -0.39 is 34.1 Å². The van der Waals surface area contributed by atoms with Gasteiger partial charge in [0.05, 0.1) is 0 Å². The molecular formula is C34H31AgClN2O14. The van der Waals surface area contributed by atoms with E-state index in [1.54, 1.807) is 61.5 Å². The number of nitrogens with zero attached hydrogens (tertiary/aromatic N) is 2. The van der Waals surface area contributed by atoms with Crippen LogP contribution in [-0.2, 0) is 49.3 Å². The minimum absolute atomic E-state index is 0. The van der Waals surface area contributed by atoms with E-state index in [2.05, 4.69) is 4.84 Å². The molecule has 0 saturated carbocycles. The van der Waals surface area contributed by atoms with E-state index in [1.165, 1.54) is 44.2 Å². The third-order valence-corrected chi connectivity index (χ3v) is 6.29. The number of hydrogen-bond acceptors (Lipinski definition) is 13. The zero-order chi connectivity index (χ0) is 38.1. The third kappa shape index (κ3) is 16.3. The van der Waals surface area contributed by atoms with Crippen LogP contribution in [0.3, 0.4) is 0 Å². The van der Waals surface area contributed by atoms with Crippen molar-refractivity contribution in [3.8, 4) is 23.0 Å². The van der Waals surface area contributed by atoms with Crippen molar-refractivity contribution in [1.82, 2.24) is 0 Å². The number of benzene rings is 4. The Morgan fingerprint density at radius 2 is 1.02 bits per heavy atom. The Balaban J connectivity index is 0.000000466. The second kappa shape index (κ2) is 22.1. The first kappa shape index (κ1) is 44.2. The number of aryl methyl sites for hydroxylation is 2. The molecule has 18 heteroatoms. The Labute approximate surface area is 316 Å². The number of carbonyl (C=O) groups is 4. The molecule has 0 atom stereocenters. The number of rotatable bonds is 10. The van der Waals surface area contributed by atoms with E-state index >= 15 is 0 Å². The van der Waals surface area contributed by atoms with Gasteiger partial charge in [-0.15, -0.1) is 31.8 Å². The molecule has 16 nitrogen and oxygen atoms in total. The normalized spacial score (nSPS) is 9.56. The van der Waals surface area contributed by atoms with E-state index in [4.69, 9.17) is 45.9 Å². The van der Waals surface area contributed by atoms with Gasteiger partial charge in [-0.05, 0) is 84.6 Å². The number of hydrogen-bond donors (Lipinski definition) is 1. The van der Waals surface area contributed by atoms with Gasteiger partial charge in [0, 0.05) is 42.1 Å². The molecule has 0 bridgehead atoms.